The highest BCUT2D eigenvalue weighted by atomic mass is 32.1. The number of aromatic nitrogens is 5. The summed E-state index contributed by atoms with van der Waals surface area (Å²) in [7, 11) is 1.64. The Bertz CT molecular complexity index is 1920. The predicted octanol–water partition coefficient (Wildman–Crippen LogP) is 5.52. The van der Waals surface area contributed by atoms with Crippen LogP contribution in [-0.2, 0) is 0 Å². The molecule has 3 aromatic heterocycles. The standard InChI is InChI=1S/C32H27N5O3S/c1-3-19-40-27-14-9-22(10-15-27)11-18-29-33-32-37(34-29)31(38)28(41-32)20-24-21-36(25-7-5-4-6-8-25)35-30(24)23-12-16-26(39-2)17-13-23/h4-18,20-21H,3,19H2,1-2H3/b18-11+,28-20-. The number of para-hydroxylation sites is 1. The molecule has 0 bridgehead atoms. The summed E-state index contributed by atoms with van der Waals surface area (Å²) in [6.45, 7) is 2.77. The third-order valence-electron chi connectivity index (χ3n) is 6.39. The smallest absolute Gasteiger partial charge is 0.291 e. The molecule has 6 aromatic rings. The van der Waals surface area contributed by atoms with E-state index < -0.39 is 0 Å². The number of benzene rings is 3. The lowest BCUT2D eigenvalue weighted by Crippen LogP contribution is -2.23. The molecule has 0 saturated heterocycles. The van der Waals surface area contributed by atoms with E-state index in [2.05, 4.69) is 17.0 Å². The molecule has 0 spiro atoms. The van der Waals surface area contributed by atoms with Crippen LogP contribution in [0, 0.1) is 0 Å². The number of rotatable bonds is 9. The lowest BCUT2D eigenvalue weighted by molar-refractivity contribution is 0.317. The zero-order valence-electron chi connectivity index (χ0n) is 22.6. The molecule has 0 saturated carbocycles. The van der Waals surface area contributed by atoms with Crippen LogP contribution in [0.2, 0.25) is 0 Å². The molecule has 0 amide bonds. The minimum atomic E-state index is -0.220. The fraction of sp³-hybridized carbons (Fsp3) is 0.125. The normalized spacial score (nSPS) is 12.0. The van der Waals surface area contributed by atoms with E-state index in [0.29, 0.717) is 21.9 Å². The fourth-order valence-corrected chi connectivity index (χ4v) is 5.21. The van der Waals surface area contributed by atoms with Crippen LogP contribution < -0.4 is 19.6 Å². The first-order chi connectivity index (χ1) is 20.1. The Hall–Kier alpha value is -5.02. The second kappa shape index (κ2) is 11.6. The summed E-state index contributed by atoms with van der Waals surface area (Å²) in [4.78, 5) is 18.4. The van der Waals surface area contributed by atoms with Gasteiger partial charge in [0.2, 0.25) is 4.96 Å². The fourth-order valence-electron chi connectivity index (χ4n) is 4.31. The largest absolute Gasteiger partial charge is 0.497 e. The molecule has 0 aliphatic heterocycles. The average Bonchev–Trinajstić information content (AvgIpc) is 3.70. The molecule has 41 heavy (non-hydrogen) atoms. The van der Waals surface area contributed by atoms with E-state index in [-0.39, 0.29) is 5.56 Å². The maximum atomic E-state index is 13.3. The summed E-state index contributed by atoms with van der Waals surface area (Å²) < 4.78 is 14.7. The zero-order chi connectivity index (χ0) is 28.2. The van der Waals surface area contributed by atoms with Crippen molar-refractivity contribution in [2.45, 2.75) is 13.3 Å². The van der Waals surface area contributed by atoms with Crippen LogP contribution in [0.3, 0.4) is 0 Å². The number of ether oxygens (including phenoxy) is 2. The van der Waals surface area contributed by atoms with Crippen LogP contribution in [0.1, 0.15) is 30.3 Å². The van der Waals surface area contributed by atoms with Gasteiger partial charge in [-0.2, -0.15) is 14.6 Å². The van der Waals surface area contributed by atoms with Gasteiger partial charge in [0.15, 0.2) is 5.82 Å². The Labute approximate surface area is 240 Å². The van der Waals surface area contributed by atoms with E-state index in [0.717, 1.165) is 46.0 Å². The second-order valence-electron chi connectivity index (χ2n) is 9.27. The van der Waals surface area contributed by atoms with E-state index in [4.69, 9.17) is 14.6 Å². The molecule has 6 rings (SSSR count). The van der Waals surface area contributed by atoms with Crippen molar-refractivity contribution in [1.82, 2.24) is 24.4 Å². The molecule has 0 aliphatic carbocycles. The van der Waals surface area contributed by atoms with Gasteiger partial charge in [-0.1, -0.05) is 54.7 Å². The number of methoxy groups -OCH3 is 1. The number of hydrogen-bond acceptors (Lipinski definition) is 7. The SMILES string of the molecule is CCCOc1ccc(/C=C/c2nc3s/c(=C\c4cn(-c5ccccc5)nc4-c4ccc(OC)cc4)c(=O)n3n2)cc1. The van der Waals surface area contributed by atoms with Gasteiger partial charge in [-0.25, -0.2) is 4.68 Å². The molecular formula is C32H27N5O3S. The molecular weight excluding hydrogens is 534 g/mol. The van der Waals surface area contributed by atoms with Crippen molar-refractivity contribution >= 4 is 34.5 Å². The van der Waals surface area contributed by atoms with E-state index in [9.17, 15) is 4.79 Å². The Morgan fingerprint density at radius 2 is 1.66 bits per heavy atom. The third kappa shape index (κ3) is 5.66. The lowest BCUT2D eigenvalue weighted by atomic mass is 10.1. The minimum absolute atomic E-state index is 0.220. The molecule has 0 aliphatic rings. The number of fused-ring (bicyclic) bond motifs is 1. The first-order valence-electron chi connectivity index (χ1n) is 13.2. The summed E-state index contributed by atoms with van der Waals surface area (Å²) in [6.07, 6.45) is 8.47. The molecule has 0 N–H and O–H groups in total. The monoisotopic (exact) mass is 561 g/mol. The first kappa shape index (κ1) is 26.2. The van der Waals surface area contributed by atoms with Gasteiger partial charge in [0.1, 0.15) is 17.2 Å². The van der Waals surface area contributed by atoms with Crippen LogP contribution in [0.25, 0.3) is 40.1 Å². The summed E-state index contributed by atoms with van der Waals surface area (Å²) in [6, 6.07) is 25.4. The predicted molar refractivity (Wildman–Crippen MR) is 163 cm³/mol. The molecule has 204 valence electrons. The maximum Gasteiger partial charge on any atom is 0.291 e. The highest BCUT2D eigenvalue weighted by molar-refractivity contribution is 7.15. The summed E-state index contributed by atoms with van der Waals surface area (Å²) in [5, 5.41) is 9.29. The molecule has 0 unspecified atom stereocenters. The van der Waals surface area contributed by atoms with Crippen molar-refractivity contribution in [3.63, 3.8) is 0 Å². The molecule has 8 nitrogen and oxygen atoms in total. The van der Waals surface area contributed by atoms with Gasteiger partial charge >= 0.3 is 0 Å². The Kier molecular flexibility index (Phi) is 7.42. The van der Waals surface area contributed by atoms with Crippen LogP contribution in [0.15, 0.2) is 89.9 Å². The Morgan fingerprint density at radius 3 is 2.37 bits per heavy atom. The van der Waals surface area contributed by atoms with Crippen molar-refractivity contribution in [3.8, 4) is 28.4 Å². The van der Waals surface area contributed by atoms with Gasteiger partial charge in [0, 0.05) is 17.3 Å². The minimum Gasteiger partial charge on any atom is -0.497 e. The number of hydrogen-bond donors (Lipinski definition) is 0. The van der Waals surface area contributed by atoms with E-state index in [1.54, 1.807) is 13.2 Å². The van der Waals surface area contributed by atoms with Crippen LogP contribution in [0.5, 0.6) is 11.5 Å². The van der Waals surface area contributed by atoms with E-state index >= 15 is 0 Å². The maximum absolute atomic E-state index is 13.3. The molecule has 3 aromatic carbocycles. The number of thiazole rings is 1. The highest BCUT2D eigenvalue weighted by Gasteiger charge is 2.14. The molecule has 9 heteroatoms. The molecule has 0 fully saturated rings. The van der Waals surface area contributed by atoms with Crippen LogP contribution in [0.4, 0.5) is 0 Å². The molecule has 0 radical (unpaired) electrons. The molecule has 0 atom stereocenters. The van der Waals surface area contributed by atoms with Gasteiger partial charge < -0.3 is 9.47 Å². The van der Waals surface area contributed by atoms with Crippen molar-refractivity contribution in [1.29, 1.82) is 0 Å². The Morgan fingerprint density at radius 1 is 0.902 bits per heavy atom. The van der Waals surface area contributed by atoms with Crippen molar-refractivity contribution in [3.05, 3.63) is 117 Å². The van der Waals surface area contributed by atoms with Gasteiger partial charge in [0.25, 0.3) is 5.56 Å². The van der Waals surface area contributed by atoms with Crippen molar-refractivity contribution < 1.29 is 9.47 Å². The van der Waals surface area contributed by atoms with Gasteiger partial charge in [-0.05, 0) is 72.7 Å². The van der Waals surface area contributed by atoms with Gasteiger partial charge in [0.05, 0.1) is 23.9 Å². The third-order valence-corrected chi connectivity index (χ3v) is 7.35. The number of nitrogens with zero attached hydrogens (tertiary/aromatic N) is 5. The van der Waals surface area contributed by atoms with Gasteiger partial charge in [-0.15, -0.1) is 5.10 Å². The highest BCUT2D eigenvalue weighted by Crippen LogP contribution is 2.26. The van der Waals surface area contributed by atoms with E-state index in [1.165, 1.54) is 15.9 Å². The van der Waals surface area contributed by atoms with Gasteiger partial charge in [-0.3, -0.25) is 4.79 Å². The summed E-state index contributed by atoms with van der Waals surface area (Å²) in [5.74, 6) is 2.08. The molecule has 3 heterocycles. The van der Waals surface area contributed by atoms with Crippen molar-refractivity contribution in [2.75, 3.05) is 13.7 Å². The lowest BCUT2D eigenvalue weighted by Gasteiger charge is -2.03. The average molecular weight is 562 g/mol. The van der Waals surface area contributed by atoms with Crippen molar-refractivity contribution in [2.24, 2.45) is 0 Å². The summed E-state index contributed by atoms with van der Waals surface area (Å²) in [5.41, 5.74) is 4.17. The van der Waals surface area contributed by atoms with Crippen LogP contribution >= 0.6 is 11.3 Å². The summed E-state index contributed by atoms with van der Waals surface area (Å²) >= 11 is 1.30. The van der Waals surface area contributed by atoms with Crippen LogP contribution in [-0.4, -0.2) is 38.1 Å². The Balaban J connectivity index is 1.33. The van der Waals surface area contributed by atoms with E-state index in [1.807, 2.05) is 102 Å². The zero-order valence-corrected chi connectivity index (χ0v) is 23.4. The first-order valence-corrected chi connectivity index (χ1v) is 14.0. The quantitative estimate of drug-likeness (QED) is 0.231. The second-order valence-corrected chi connectivity index (χ2v) is 10.3. The topological polar surface area (TPSA) is 83.5 Å².